The van der Waals surface area contributed by atoms with Gasteiger partial charge in [-0.1, -0.05) is 13.0 Å². The fraction of sp³-hybridized carbons (Fsp3) is 0.533. The fourth-order valence-electron chi connectivity index (χ4n) is 2.26. The average Bonchev–Trinajstić information content (AvgIpc) is 2.46. The van der Waals surface area contributed by atoms with Gasteiger partial charge in [-0.25, -0.2) is 0 Å². The molecule has 0 aliphatic heterocycles. The minimum absolute atomic E-state index is 0.00444. The van der Waals surface area contributed by atoms with Crippen LogP contribution in [-0.4, -0.2) is 29.2 Å². The minimum Gasteiger partial charge on any atom is -0.493 e. The molecule has 0 fully saturated rings. The molecule has 22 heavy (non-hydrogen) atoms. The third-order valence-electron chi connectivity index (χ3n) is 3.44. The molecule has 0 saturated heterocycles. The van der Waals surface area contributed by atoms with Crippen LogP contribution >= 0.6 is 0 Å². The van der Waals surface area contributed by atoms with Crippen LogP contribution in [0.3, 0.4) is 0 Å². The van der Waals surface area contributed by atoms with Gasteiger partial charge in [0.05, 0.1) is 17.6 Å². The summed E-state index contributed by atoms with van der Waals surface area (Å²) < 4.78 is 5.51. The normalized spacial score (nSPS) is 13.4. The summed E-state index contributed by atoms with van der Waals surface area (Å²) >= 11 is 0. The van der Waals surface area contributed by atoms with E-state index in [1.807, 2.05) is 6.92 Å². The lowest BCUT2D eigenvalue weighted by atomic mass is 9.91. The third-order valence-corrected chi connectivity index (χ3v) is 3.44. The molecule has 0 aliphatic carbocycles. The Balaban J connectivity index is 2.38. The van der Waals surface area contributed by atoms with Crippen LogP contribution in [0.25, 0.3) is 0 Å². The predicted octanol–water partition coefficient (Wildman–Crippen LogP) is 2.44. The summed E-state index contributed by atoms with van der Waals surface area (Å²) in [5.74, 6) is -0.144. The molecule has 0 aliphatic rings. The van der Waals surface area contributed by atoms with Crippen molar-refractivity contribution in [1.82, 2.24) is 0 Å². The molecule has 7 heteroatoms. The molecule has 3 N–H and O–H groups in total. The molecule has 0 radical (unpaired) electrons. The summed E-state index contributed by atoms with van der Waals surface area (Å²) in [6.07, 6.45) is 1.53. The highest BCUT2D eigenvalue weighted by atomic mass is 16.6. The maximum Gasteiger partial charge on any atom is 0.303 e. The number of nitro groups is 1. The van der Waals surface area contributed by atoms with Gasteiger partial charge in [0.15, 0.2) is 0 Å². The number of hydrogen-bond acceptors (Lipinski definition) is 5. The van der Waals surface area contributed by atoms with E-state index in [1.54, 1.807) is 12.1 Å². The standard InChI is InChI=1S/C15H22N2O5/c1-11(7-12(10-16)8-15(18)19)5-6-22-14-4-2-3-13(9-14)17(20)21/h2-4,9,11-12H,5-8,10,16H2,1H3,(H,18,19)/t11?,12-/m0/s1. The SMILES string of the molecule is CC(CCOc1cccc([N+](=O)[O-])c1)C[C@H](CN)CC(=O)O. The highest BCUT2D eigenvalue weighted by molar-refractivity contribution is 5.67. The Morgan fingerprint density at radius 1 is 1.50 bits per heavy atom. The van der Waals surface area contributed by atoms with Gasteiger partial charge in [-0.3, -0.25) is 14.9 Å². The first kappa shape index (κ1) is 17.9. The summed E-state index contributed by atoms with van der Waals surface area (Å²) in [5, 5.41) is 19.5. The van der Waals surface area contributed by atoms with Crippen molar-refractivity contribution < 1.29 is 19.6 Å². The number of rotatable bonds is 10. The average molecular weight is 310 g/mol. The quantitative estimate of drug-likeness (QED) is 0.506. The lowest BCUT2D eigenvalue weighted by Gasteiger charge is -2.18. The second-order valence-electron chi connectivity index (χ2n) is 5.43. The number of aliphatic carboxylic acids is 1. The van der Waals surface area contributed by atoms with Gasteiger partial charge in [-0.05, 0) is 37.3 Å². The highest BCUT2D eigenvalue weighted by Gasteiger charge is 2.15. The van der Waals surface area contributed by atoms with E-state index in [4.69, 9.17) is 15.6 Å². The Morgan fingerprint density at radius 2 is 2.23 bits per heavy atom. The van der Waals surface area contributed by atoms with Gasteiger partial charge in [-0.15, -0.1) is 0 Å². The Bertz CT molecular complexity index is 506. The number of hydrogen-bond donors (Lipinski definition) is 2. The van der Waals surface area contributed by atoms with Crippen LogP contribution < -0.4 is 10.5 Å². The number of ether oxygens (including phenoxy) is 1. The number of benzene rings is 1. The van der Waals surface area contributed by atoms with Crippen LogP contribution in [0, 0.1) is 22.0 Å². The molecule has 1 rings (SSSR count). The number of nitrogens with two attached hydrogens (primary N) is 1. The van der Waals surface area contributed by atoms with Crippen LogP contribution in [0.1, 0.15) is 26.2 Å². The molecule has 0 amide bonds. The van der Waals surface area contributed by atoms with E-state index in [9.17, 15) is 14.9 Å². The molecule has 122 valence electrons. The molecule has 1 unspecified atom stereocenters. The second kappa shape index (κ2) is 8.99. The van der Waals surface area contributed by atoms with Gasteiger partial charge < -0.3 is 15.6 Å². The van der Waals surface area contributed by atoms with Crippen LogP contribution in [-0.2, 0) is 4.79 Å². The van der Waals surface area contributed by atoms with Crippen molar-refractivity contribution in [1.29, 1.82) is 0 Å². The van der Waals surface area contributed by atoms with Crippen molar-refractivity contribution in [2.45, 2.75) is 26.2 Å². The number of non-ortho nitro benzene ring substituents is 1. The van der Waals surface area contributed by atoms with Gasteiger partial charge in [0, 0.05) is 12.5 Å². The highest BCUT2D eigenvalue weighted by Crippen LogP contribution is 2.21. The van der Waals surface area contributed by atoms with E-state index < -0.39 is 10.9 Å². The zero-order valence-corrected chi connectivity index (χ0v) is 12.6. The van der Waals surface area contributed by atoms with Gasteiger partial charge in [-0.2, -0.15) is 0 Å². The van der Waals surface area contributed by atoms with Gasteiger partial charge in [0.2, 0.25) is 0 Å². The zero-order chi connectivity index (χ0) is 16.5. The number of carbonyl (C=O) groups is 1. The summed E-state index contributed by atoms with van der Waals surface area (Å²) in [6.45, 7) is 2.79. The van der Waals surface area contributed by atoms with E-state index in [1.165, 1.54) is 12.1 Å². The Morgan fingerprint density at radius 3 is 2.82 bits per heavy atom. The smallest absolute Gasteiger partial charge is 0.303 e. The molecule has 0 bridgehead atoms. The lowest BCUT2D eigenvalue weighted by Crippen LogP contribution is -2.21. The first-order valence-corrected chi connectivity index (χ1v) is 7.21. The number of nitro benzene ring substituents is 1. The Hall–Kier alpha value is -2.15. The number of carboxylic acid groups (broad SMARTS) is 1. The van der Waals surface area contributed by atoms with Crippen molar-refractivity contribution in [3.8, 4) is 5.75 Å². The summed E-state index contributed by atoms with van der Waals surface area (Å²) in [5.41, 5.74) is 5.57. The topological polar surface area (TPSA) is 116 Å². The molecule has 0 saturated carbocycles. The lowest BCUT2D eigenvalue weighted by molar-refractivity contribution is -0.384. The first-order chi connectivity index (χ1) is 10.4. The van der Waals surface area contributed by atoms with Crippen molar-refractivity contribution in [2.24, 2.45) is 17.6 Å². The van der Waals surface area contributed by atoms with Crippen molar-refractivity contribution in [2.75, 3.05) is 13.2 Å². The van der Waals surface area contributed by atoms with E-state index in [0.29, 0.717) is 18.9 Å². The molecule has 1 aromatic carbocycles. The van der Waals surface area contributed by atoms with E-state index >= 15 is 0 Å². The van der Waals surface area contributed by atoms with Gasteiger partial charge in [0.25, 0.3) is 5.69 Å². The molecule has 2 atom stereocenters. The first-order valence-electron chi connectivity index (χ1n) is 7.21. The third kappa shape index (κ3) is 6.53. The molecular formula is C15H22N2O5. The molecule has 1 aromatic rings. The maximum atomic E-state index is 10.7. The zero-order valence-electron chi connectivity index (χ0n) is 12.6. The van der Waals surface area contributed by atoms with Crippen LogP contribution in [0.5, 0.6) is 5.75 Å². The van der Waals surface area contributed by atoms with Gasteiger partial charge >= 0.3 is 5.97 Å². The summed E-state index contributed by atoms with van der Waals surface area (Å²) in [6, 6.07) is 6.05. The van der Waals surface area contributed by atoms with E-state index in [0.717, 1.165) is 12.8 Å². The maximum absolute atomic E-state index is 10.7. The molecular weight excluding hydrogens is 288 g/mol. The molecule has 0 spiro atoms. The molecule has 7 nitrogen and oxygen atoms in total. The summed E-state index contributed by atoms with van der Waals surface area (Å²) in [7, 11) is 0. The van der Waals surface area contributed by atoms with E-state index in [-0.39, 0.29) is 23.9 Å². The van der Waals surface area contributed by atoms with Crippen molar-refractivity contribution >= 4 is 11.7 Å². The second-order valence-corrected chi connectivity index (χ2v) is 5.43. The van der Waals surface area contributed by atoms with Crippen molar-refractivity contribution in [3.05, 3.63) is 34.4 Å². The minimum atomic E-state index is -0.838. The van der Waals surface area contributed by atoms with Gasteiger partial charge in [0.1, 0.15) is 5.75 Å². The summed E-state index contributed by atoms with van der Waals surface area (Å²) in [4.78, 5) is 20.9. The number of nitrogens with zero attached hydrogens (tertiary/aromatic N) is 1. The van der Waals surface area contributed by atoms with Crippen LogP contribution in [0.2, 0.25) is 0 Å². The largest absolute Gasteiger partial charge is 0.493 e. The fourth-order valence-corrected chi connectivity index (χ4v) is 2.26. The van der Waals surface area contributed by atoms with Crippen LogP contribution in [0.4, 0.5) is 5.69 Å². The molecule has 0 aromatic heterocycles. The molecule has 0 heterocycles. The predicted molar refractivity (Wildman–Crippen MR) is 81.8 cm³/mol. The van der Waals surface area contributed by atoms with Crippen LogP contribution in [0.15, 0.2) is 24.3 Å². The number of carboxylic acids is 1. The Labute approximate surface area is 129 Å². The monoisotopic (exact) mass is 310 g/mol. The Kier molecular flexibility index (Phi) is 7.31. The van der Waals surface area contributed by atoms with Crippen molar-refractivity contribution in [3.63, 3.8) is 0 Å². The van der Waals surface area contributed by atoms with E-state index in [2.05, 4.69) is 0 Å².